The lowest BCUT2D eigenvalue weighted by Gasteiger charge is -2.25. The van der Waals surface area contributed by atoms with Crippen LogP contribution in [-0.2, 0) is 0 Å². The Morgan fingerprint density at radius 2 is 0.933 bits per heavy atom. The van der Waals surface area contributed by atoms with Gasteiger partial charge in [0.2, 0.25) is 0 Å². The van der Waals surface area contributed by atoms with Crippen molar-refractivity contribution < 1.29 is 4.42 Å². The van der Waals surface area contributed by atoms with Crippen molar-refractivity contribution in [1.29, 1.82) is 0 Å². The monoisotopic (exact) mass is 576 g/mol. The van der Waals surface area contributed by atoms with E-state index < -0.39 is 0 Å². The molecule has 45 heavy (non-hydrogen) atoms. The van der Waals surface area contributed by atoms with Crippen LogP contribution in [0.3, 0.4) is 0 Å². The first-order valence-corrected chi connectivity index (χ1v) is 15.3. The molecule has 0 bridgehead atoms. The van der Waals surface area contributed by atoms with Gasteiger partial charge in [-0.3, -0.25) is 0 Å². The second-order valence-electron chi connectivity index (χ2n) is 11.4. The van der Waals surface area contributed by atoms with Gasteiger partial charge >= 0.3 is 0 Å². The average molecular weight is 577 g/mol. The summed E-state index contributed by atoms with van der Waals surface area (Å²) in [6, 6.07) is 60.1. The van der Waals surface area contributed by atoms with Crippen LogP contribution in [0, 0.1) is 0 Å². The number of anilines is 3. The Kier molecular flexibility index (Phi) is 5.82. The molecule has 0 fully saturated rings. The molecule has 0 atom stereocenters. The van der Waals surface area contributed by atoms with Crippen molar-refractivity contribution in [2.24, 2.45) is 0 Å². The summed E-state index contributed by atoms with van der Waals surface area (Å²) in [5.74, 6) is 0. The van der Waals surface area contributed by atoms with Gasteiger partial charge in [-0.05, 0) is 71.8 Å². The van der Waals surface area contributed by atoms with E-state index in [0.29, 0.717) is 0 Å². The van der Waals surface area contributed by atoms with Crippen molar-refractivity contribution in [1.82, 2.24) is 4.57 Å². The molecule has 9 rings (SSSR count). The number of hydrogen-bond acceptors (Lipinski definition) is 2. The Hall–Kier alpha value is -6.06. The van der Waals surface area contributed by atoms with Gasteiger partial charge in [-0.25, -0.2) is 0 Å². The summed E-state index contributed by atoms with van der Waals surface area (Å²) >= 11 is 0. The van der Waals surface area contributed by atoms with Crippen LogP contribution < -0.4 is 4.90 Å². The molecular formula is C42H28N2O. The van der Waals surface area contributed by atoms with Crippen LogP contribution in [0.2, 0.25) is 0 Å². The van der Waals surface area contributed by atoms with Crippen LogP contribution in [0.1, 0.15) is 0 Å². The molecule has 0 aliphatic rings. The Morgan fingerprint density at radius 3 is 1.62 bits per heavy atom. The molecule has 9 aromatic rings. The Labute approximate surface area is 260 Å². The fourth-order valence-electron chi connectivity index (χ4n) is 6.72. The maximum absolute atomic E-state index is 6.45. The number of hydrogen-bond donors (Lipinski definition) is 0. The first-order chi connectivity index (χ1) is 22.3. The summed E-state index contributed by atoms with van der Waals surface area (Å²) < 4.78 is 8.81. The number of para-hydroxylation sites is 5. The Bertz CT molecular complexity index is 2420. The van der Waals surface area contributed by atoms with E-state index in [9.17, 15) is 0 Å². The molecule has 3 nitrogen and oxygen atoms in total. The number of furan rings is 1. The average Bonchev–Trinajstić information content (AvgIpc) is 3.66. The predicted molar refractivity (Wildman–Crippen MR) is 188 cm³/mol. The van der Waals surface area contributed by atoms with E-state index >= 15 is 0 Å². The molecule has 0 spiro atoms. The first kappa shape index (κ1) is 25.4. The molecule has 0 unspecified atom stereocenters. The van der Waals surface area contributed by atoms with Gasteiger partial charge in [0, 0.05) is 38.6 Å². The van der Waals surface area contributed by atoms with Crippen LogP contribution in [0.25, 0.3) is 60.6 Å². The smallest absolute Gasteiger partial charge is 0.159 e. The van der Waals surface area contributed by atoms with Crippen molar-refractivity contribution in [3.63, 3.8) is 0 Å². The van der Waals surface area contributed by atoms with Gasteiger partial charge < -0.3 is 13.9 Å². The van der Waals surface area contributed by atoms with Crippen molar-refractivity contribution in [3.05, 3.63) is 170 Å². The third kappa shape index (κ3) is 4.13. The normalized spacial score (nSPS) is 11.6. The molecule has 2 aromatic heterocycles. The van der Waals surface area contributed by atoms with E-state index in [1.807, 2.05) is 12.1 Å². The van der Waals surface area contributed by atoms with Crippen LogP contribution in [0.15, 0.2) is 174 Å². The number of fused-ring (bicyclic) bond motifs is 6. The van der Waals surface area contributed by atoms with Crippen molar-refractivity contribution in [2.45, 2.75) is 0 Å². The van der Waals surface area contributed by atoms with Gasteiger partial charge in [-0.15, -0.1) is 0 Å². The lowest BCUT2D eigenvalue weighted by Crippen LogP contribution is -2.10. The fraction of sp³-hybridized carbons (Fsp3) is 0. The summed E-state index contributed by atoms with van der Waals surface area (Å²) in [5.41, 5.74) is 10.9. The molecule has 0 saturated heterocycles. The van der Waals surface area contributed by atoms with Crippen LogP contribution in [0.4, 0.5) is 17.1 Å². The molecule has 0 radical (unpaired) electrons. The molecule has 0 aliphatic heterocycles. The molecule has 0 N–H and O–H groups in total. The maximum Gasteiger partial charge on any atom is 0.159 e. The molecule has 0 aliphatic carbocycles. The molecular weight excluding hydrogens is 548 g/mol. The minimum absolute atomic E-state index is 0.882. The maximum atomic E-state index is 6.45. The summed E-state index contributed by atoms with van der Waals surface area (Å²) in [6.45, 7) is 0. The predicted octanol–water partition coefficient (Wildman–Crippen LogP) is 11.8. The van der Waals surface area contributed by atoms with E-state index in [2.05, 4.69) is 167 Å². The SMILES string of the molecule is c1ccc(N(c2ccc(-c3ccc(-n4c5ccccc5c5ccccc54)cc3)cc2)c2cccc3c2oc2ccccc23)cc1. The Morgan fingerprint density at radius 1 is 0.400 bits per heavy atom. The lowest BCUT2D eigenvalue weighted by molar-refractivity contribution is 0.669. The third-order valence-corrected chi connectivity index (χ3v) is 8.80. The summed E-state index contributed by atoms with van der Waals surface area (Å²) in [4.78, 5) is 2.28. The van der Waals surface area contributed by atoms with E-state index in [1.165, 1.54) is 32.9 Å². The molecule has 2 heterocycles. The number of nitrogens with zero attached hydrogens (tertiary/aromatic N) is 2. The lowest BCUT2D eigenvalue weighted by atomic mass is 10.0. The zero-order valence-corrected chi connectivity index (χ0v) is 24.5. The minimum Gasteiger partial charge on any atom is -0.454 e. The van der Waals surface area contributed by atoms with Gasteiger partial charge in [0.25, 0.3) is 0 Å². The number of benzene rings is 7. The van der Waals surface area contributed by atoms with E-state index in [0.717, 1.165) is 44.7 Å². The standard InChI is InChI=1S/C42H28N2O/c1-2-11-31(12-3-1)43(40-19-10-16-37-36-15-6-9-20-41(36)45-42(37)40)32-25-21-29(22-26-32)30-23-27-33(28-24-30)44-38-17-7-4-13-34(38)35-14-5-8-18-39(35)44/h1-28H. The first-order valence-electron chi connectivity index (χ1n) is 15.3. The fourth-order valence-corrected chi connectivity index (χ4v) is 6.72. The molecule has 212 valence electrons. The highest BCUT2D eigenvalue weighted by Gasteiger charge is 2.19. The highest BCUT2D eigenvalue weighted by atomic mass is 16.3. The summed E-state index contributed by atoms with van der Waals surface area (Å²) in [7, 11) is 0. The Balaban J connectivity index is 1.11. The second kappa shape index (κ2) is 10.3. The van der Waals surface area contributed by atoms with E-state index in [4.69, 9.17) is 4.42 Å². The minimum atomic E-state index is 0.882. The van der Waals surface area contributed by atoms with Gasteiger partial charge in [0.15, 0.2) is 5.58 Å². The molecule has 3 heteroatoms. The zero-order chi connectivity index (χ0) is 29.7. The van der Waals surface area contributed by atoms with E-state index in [-0.39, 0.29) is 0 Å². The van der Waals surface area contributed by atoms with Gasteiger partial charge in [0.05, 0.1) is 16.7 Å². The van der Waals surface area contributed by atoms with E-state index in [1.54, 1.807) is 0 Å². The second-order valence-corrected chi connectivity index (χ2v) is 11.4. The summed E-state index contributed by atoms with van der Waals surface area (Å²) in [5, 5.41) is 4.79. The van der Waals surface area contributed by atoms with Crippen molar-refractivity contribution >= 4 is 60.8 Å². The van der Waals surface area contributed by atoms with Crippen LogP contribution in [-0.4, -0.2) is 4.57 Å². The molecule has 7 aromatic carbocycles. The highest BCUT2D eigenvalue weighted by Crippen LogP contribution is 2.42. The highest BCUT2D eigenvalue weighted by molar-refractivity contribution is 6.11. The number of aromatic nitrogens is 1. The molecule has 0 saturated carbocycles. The van der Waals surface area contributed by atoms with Gasteiger partial charge in [0.1, 0.15) is 5.58 Å². The molecule has 0 amide bonds. The van der Waals surface area contributed by atoms with Crippen LogP contribution >= 0.6 is 0 Å². The number of rotatable bonds is 5. The topological polar surface area (TPSA) is 21.3 Å². The van der Waals surface area contributed by atoms with Crippen molar-refractivity contribution in [2.75, 3.05) is 4.90 Å². The van der Waals surface area contributed by atoms with Crippen molar-refractivity contribution in [3.8, 4) is 16.8 Å². The quantitative estimate of drug-likeness (QED) is 0.203. The summed E-state index contributed by atoms with van der Waals surface area (Å²) in [6.07, 6.45) is 0. The van der Waals surface area contributed by atoms with Gasteiger partial charge in [-0.1, -0.05) is 109 Å². The third-order valence-electron chi connectivity index (χ3n) is 8.80. The van der Waals surface area contributed by atoms with Gasteiger partial charge in [-0.2, -0.15) is 0 Å². The largest absolute Gasteiger partial charge is 0.454 e. The zero-order valence-electron chi connectivity index (χ0n) is 24.5. The van der Waals surface area contributed by atoms with Crippen LogP contribution in [0.5, 0.6) is 0 Å².